The molecular weight excluding hydrogens is 481 g/mol. The minimum Gasteiger partial charge on any atom is -0.408 e. The molecule has 0 atom stereocenters. The molecule has 0 aliphatic heterocycles. The minimum atomic E-state index is -1.77. The van der Waals surface area contributed by atoms with E-state index in [4.69, 9.17) is 13.6 Å². The molecule has 3 aromatic carbocycles. The maximum Gasteiger partial charge on any atom is 0.530 e. The highest BCUT2D eigenvalue weighted by Gasteiger charge is 2.21. The van der Waals surface area contributed by atoms with Gasteiger partial charge < -0.3 is 28.3 Å². The van der Waals surface area contributed by atoms with Gasteiger partial charge in [0.1, 0.15) is 17.2 Å². The summed E-state index contributed by atoms with van der Waals surface area (Å²) in [4.78, 5) is 6.87. The highest BCUT2D eigenvalue weighted by Crippen LogP contribution is 2.44. The molecule has 37 heavy (non-hydrogen) atoms. The third-order valence-corrected chi connectivity index (χ3v) is 7.46. The van der Waals surface area contributed by atoms with E-state index in [0.29, 0.717) is 0 Å². The molecule has 0 heterocycles. The van der Waals surface area contributed by atoms with Crippen molar-refractivity contribution in [3.63, 3.8) is 0 Å². The quantitative estimate of drug-likeness (QED) is 0.188. The summed E-state index contributed by atoms with van der Waals surface area (Å²) in [5, 5.41) is 0. The van der Waals surface area contributed by atoms with E-state index in [1.165, 1.54) is 0 Å². The largest absolute Gasteiger partial charge is 0.530 e. The van der Waals surface area contributed by atoms with E-state index in [0.717, 1.165) is 73.6 Å². The second kappa shape index (κ2) is 14.6. The molecule has 0 N–H and O–H groups in total. The van der Waals surface area contributed by atoms with E-state index in [2.05, 4.69) is 74.4 Å². The van der Waals surface area contributed by atoms with Crippen LogP contribution in [-0.2, 0) is 0 Å². The van der Waals surface area contributed by atoms with Crippen molar-refractivity contribution >= 4 is 25.7 Å². The van der Waals surface area contributed by atoms with Gasteiger partial charge in [-0.2, -0.15) is 0 Å². The topological polar surface area (TPSA) is 37.4 Å². The fourth-order valence-corrected chi connectivity index (χ4v) is 5.26. The fourth-order valence-electron chi connectivity index (χ4n) is 4.29. The van der Waals surface area contributed by atoms with E-state index in [-0.39, 0.29) is 0 Å². The number of benzene rings is 3. The molecule has 0 amide bonds. The Hall–Kier alpha value is -3.11. The van der Waals surface area contributed by atoms with Gasteiger partial charge in [0.15, 0.2) is 0 Å². The van der Waals surface area contributed by atoms with Gasteiger partial charge in [-0.1, -0.05) is 18.2 Å². The zero-order valence-corrected chi connectivity index (χ0v) is 24.1. The highest BCUT2D eigenvalue weighted by atomic mass is 31.2. The van der Waals surface area contributed by atoms with Gasteiger partial charge in [-0.25, -0.2) is 0 Å². The van der Waals surface area contributed by atoms with Gasteiger partial charge in [-0.15, -0.1) is 0 Å². The number of hydrogen-bond acceptors (Lipinski definition) is 6. The summed E-state index contributed by atoms with van der Waals surface area (Å²) in [6, 6.07) is 24.3. The Kier molecular flexibility index (Phi) is 11.2. The van der Waals surface area contributed by atoms with Crippen molar-refractivity contribution in [1.29, 1.82) is 0 Å². The van der Waals surface area contributed by atoms with Crippen molar-refractivity contribution in [2.24, 2.45) is 0 Å². The van der Waals surface area contributed by atoms with Crippen molar-refractivity contribution in [3.05, 3.63) is 72.8 Å². The summed E-state index contributed by atoms with van der Waals surface area (Å²) in [5.74, 6) is 2.15. The summed E-state index contributed by atoms with van der Waals surface area (Å²) in [5.41, 5.74) is 3.35. The molecule has 7 heteroatoms. The van der Waals surface area contributed by atoms with Gasteiger partial charge in [-0.3, -0.25) is 0 Å². The Balaban J connectivity index is 1.90. The SMILES string of the molecule is CCN(CC)c1cccc(OP(Oc2cccc(N(CC)CC)c2)Oc2cccc(N(CC)CC)c2)c1. The predicted molar refractivity (Wildman–Crippen MR) is 159 cm³/mol. The predicted octanol–water partition coefficient (Wildman–Crippen LogP) is 7.99. The lowest BCUT2D eigenvalue weighted by molar-refractivity contribution is 0.388. The van der Waals surface area contributed by atoms with Crippen molar-refractivity contribution in [3.8, 4) is 17.2 Å². The Morgan fingerprint density at radius 2 is 0.730 bits per heavy atom. The smallest absolute Gasteiger partial charge is 0.408 e. The van der Waals surface area contributed by atoms with Crippen LogP contribution in [0, 0.1) is 0 Å². The van der Waals surface area contributed by atoms with Crippen LogP contribution in [0.4, 0.5) is 17.1 Å². The summed E-state index contributed by atoms with van der Waals surface area (Å²) >= 11 is 0. The summed E-state index contributed by atoms with van der Waals surface area (Å²) in [7, 11) is -1.77. The second-order valence-electron chi connectivity index (χ2n) is 8.51. The fraction of sp³-hybridized carbons (Fsp3) is 0.400. The maximum absolute atomic E-state index is 6.37. The molecule has 0 fully saturated rings. The second-order valence-corrected chi connectivity index (χ2v) is 9.50. The number of rotatable bonds is 15. The third-order valence-electron chi connectivity index (χ3n) is 6.38. The Labute approximate surface area is 224 Å². The van der Waals surface area contributed by atoms with Gasteiger partial charge in [0, 0.05) is 74.5 Å². The molecular formula is C30H42N3O3P. The molecule has 0 aromatic heterocycles. The van der Waals surface area contributed by atoms with E-state index in [1.807, 2.05) is 54.6 Å². The molecule has 200 valence electrons. The summed E-state index contributed by atoms with van der Waals surface area (Å²) in [6.07, 6.45) is 0. The van der Waals surface area contributed by atoms with Crippen LogP contribution in [0.2, 0.25) is 0 Å². The molecule has 6 nitrogen and oxygen atoms in total. The van der Waals surface area contributed by atoms with Crippen LogP contribution in [0.3, 0.4) is 0 Å². The molecule has 0 aliphatic rings. The van der Waals surface area contributed by atoms with Crippen LogP contribution < -0.4 is 28.3 Å². The average Bonchev–Trinajstić information content (AvgIpc) is 2.91. The lowest BCUT2D eigenvalue weighted by atomic mass is 10.2. The van der Waals surface area contributed by atoms with Gasteiger partial charge in [0.2, 0.25) is 0 Å². The van der Waals surface area contributed by atoms with Crippen LogP contribution in [0.15, 0.2) is 72.8 Å². The zero-order chi connectivity index (χ0) is 26.6. The average molecular weight is 524 g/mol. The van der Waals surface area contributed by atoms with Gasteiger partial charge in [0.25, 0.3) is 0 Å². The van der Waals surface area contributed by atoms with Crippen molar-refractivity contribution in [1.82, 2.24) is 0 Å². The first-order valence-electron chi connectivity index (χ1n) is 13.4. The monoisotopic (exact) mass is 523 g/mol. The molecule has 0 bridgehead atoms. The summed E-state index contributed by atoms with van der Waals surface area (Å²) < 4.78 is 19.1. The maximum atomic E-state index is 6.37. The standard InChI is InChI=1S/C30H42N3O3P/c1-7-31(8-2)25-16-13-19-28(22-25)34-37(35-29-20-14-17-26(23-29)32(9-3)10-4)36-30-21-15-18-27(24-30)33(11-5)12-6/h13-24H,7-12H2,1-6H3. The van der Waals surface area contributed by atoms with E-state index in [1.54, 1.807) is 0 Å². The summed E-state index contributed by atoms with van der Waals surface area (Å²) in [6.45, 7) is 18.5. The molecule has 0 aliphatic carbocycles. The highest BCUT2D eigenvalue weighted by molar-refractivity contribution is 7.43. The van der Waals surface area contributed by atoms with Crippen LogP contribution in [-0.4, -0.2) is 39.3 Å². The Morgan fingerprint density at radius 3 is 0.973 bits per heavy atom. The van der Waals surface area contributed by atoms with Crippen molar-refractivity contribution < 1.29 is 13.6 Å². The van der Waals surface area contributed by atoms with Gasteiger partial charge in [-0.05, 0) is 77.9 Å². The van der Waals surface area contributed by atoms with Crippen LogP contribution in [0.25, 0.3) is 0 Å². The first kappa shape index (κ1) is 28.5. The molecule has 0 saturated heterocycles. The third kappa shape index (κ3) is 7.93. The minimum absolute atomic E-state index is 0.718. The first-order chi connectivity index (χ1) is 18.0. The molecule has 3 aromatic rings. The number of nitrogens with zero attached hydrogens (tertiary/aromatic N) is 3. The van der Waals surface area contributed by atoms with Crippen molar-refractivity contribution in [2.45, 2.75) is 41.5 Å². The molecule has 0 unspecified atom stereocenters. The molecule has 0 radical (unpaired) electrons. The molecule has 0 spiro atoms. The van der Waals surface area contributed by atoms with E-state index >= 15 is 0 Å². The lowest BCUT2D eigenvalue weighted by Gasteiger charge is -2.24. The molecule has 3 rings (SSSR count). The Morgan fingerprint density at radius 1 is 0.459 bits per heavy atom. The zero-order valence-electron chi connectivity index (χ0n) is 23.2. The molecule has 0 saturated carbocycles. The van der Waals surface area contributed by atoms with Crippen molar-refractivity contribution in [2.75, 3.05) is 54.0 Å². The van der Waals surface area contributed by atoms with Gasteiger partial charge in [0.05, 0.1) is 0 Å². The van der Waals surface area contributed by atoms with E-state index < -0.39 is 8.60 Å². The lowest BCUT2D eigenvalue weighted by Crippen LogP contribution is -2.21. The van der Waals surface area contributed by atoms with Crippen LogP contribution in [0.5, 0.6) is 17.2 Å². The van der Waals surface area contributed by atoms with Crippen LogP contribution in [0.1, 0.15) is 41.5 Å². The number of hydrogen-bond donors (Lipinski definition) is 0. The van der Waals surface area contributed by atoms with Crippen LogP contribution >= 0.6 is 8.60 Å². The Bertz CT molecular complexity index is 948. The first-order valence-corrected chi connectivity index (χ1v) is 14.5. The van der Waals surface area contributed by atoms with E-state index in [9.17, 15) is 0 Å². The number of anilines is 3. The van der Waals surface area contributed by atoms with Gasteiger partial charge >= 0.3 is 8.60 Å². The normalized spacial score (nSPS) is 10.8.